The highest BCUT2D eigenvalue weighted by Gasteiger charge is 2.20. The van der Waals surface area contributed by atoms with Crippen LogP contribution >= 0.6 is 0 Å². The summed E-state index contributed by atoms with van der Waals surface area (Å²) >= 11 is 0. The van der Waals surface area contributed by atoms with Crippen molar-refractivity contribution in [2.75, 3.05) is 26.0 Å². The Balaban J connectivity index is 1.97. The molecule has 0 aliphatic heterocycles. The number of hydrogen-bond acceptors (Lipinski definition) is 3. The number of carbonyl (C=O) groups excluding carboxylic acids is 2. The van der Waals surface area contributed by atoms with Crippen molar-refractivity contribution >= 4 is 17.5 Å². The van der Waals surface area contributed by atoms with E-state index in [1.165, 1.54) is 6.07 Å². The molecule has 0 spiro atoms. The quantitative estimate of drug-likeness (QED) is 0.806. The Labute approximate surface area is 144 Å². The molecule has 0 saturated carbocycles. The van der Waals surface area contributed by atoms with Crippen LogP contribution < -0.4 is 10.6 Å². The Kier molecular flexibility index (Phi) is 5.87. The van der Waals surface area contributed by atoms with E-state index < -0.39 is 23.4 Å². The molecule has 134 valence electrons. The van der Waals surface area contributed by atoms with Gasteiger partial charge in [0, 0.05) is 37.2 Å². The minimum Gasteiger partial charge on any atom is -0.353 e. The molecule has 1 aromatic heterocycles. The molecule has 2 rings (SSSR count). The maximum Gasteiger partial charge on any atom is 0.313 e. The Morgan fingerprint density at radius 2 is 1.88 bits per heavy atom. The number of likely N-dealkylation sites (N-methyl/N-ethyl adjacent to an activating group) is 1. The van der Waals surface area contributed by atoms with Crippen LogP contribution in [0.1, 0.15) is 11.7 Å². The van der Waals surface area contributed by atoms with E-state index in [1.54, 1.807) is 0 Å². The predicted molar refractivity (Wildman–Crippen MR) is 89.8 cm³/mol. The second kappa shape index (κ2) is 7.89. The summed E-state index contributed by atoms with van der Waals surface area (Å²) < 4.78 is 27.9. The lowest BCUT2D eigenvalue weighted by atomic mass is 10.2. The zero-order valence-electron chi connectivity index (χ0n) is 14.2. The van der Waals surface area contributed by atoms with Crippen molar-refractivity contribution in [3.8, 4) is 0 Å². The molecule has 8 heteroatoms. The monoisotopic (exact) mass is 350 g/mol. The molecule has 6 nitrogen and oxygen atoms in total. The summed E-state index contributed by atoms with van der Waals surface area (Å²) in [6, 6.07) is 6.56. The second-order valence-corrected chi connectivity index (χ2v) is 5.82. The first-order chi connectivity index (χ1) is 11.8. The van der Waals surface area contributed by atoms with Gasteiger partial charge in [-0.2, -0.15) is 0 Å². The summed E-state index contributed by atoms with van der Waals surface area (Å²) in [7, 11) is 5.62. The second-order valence-electron chi connectivity index (χ2n) is 5.82. The van der Waals surface area contributed by atoms with Crippen LogP contribution in [-0.2, 0) is 16.6 Å². The standard InChI is InChI=1S/C17H20F2N4O2/c1-22(2)15(14-5-4-8-23(14)3)10-20-16(24)17(25)21-11-6-7-12(18)13(19)9-11/h4-9,15H,10H2,1-3H3,(H,20,24)(H,21,25). The summed E-state index contributed by atoms with van der Waals surface area (Å²) in [5.41, 5.74) is 0.983. The van der Waals surface area contributed by atoms with Gasteiger partial charge in [0.15, 0.2) is 11.6 Å². The van der Waals surface area contributed by atoms with Gasteiger partial charge in [0.25, 0.3) is 0 Å². The minimum atomic E-state index is -1.10. The normalized spacial score (nSPS) is 12.1. The fourth-order valence-electron chi connectivity index (χ4n) is 2.40. The van der Waals surface area contributed by atoms with E-state index in [-0.39, 0.29) is 18.3 Å². The summed E-state index contributed by atoms with van der Waals surface area (Å²) in [5, 5.41) is 4.78. The smallest absolute Gasteiger partial charge is 0.313 e. The van der Waals surface area contributed by atoms with E-state index in [1.807, 2.05) is 48.9 Å². The number of benzene rings is 1. The molecule has 0 radical (unpaired) electrons. The zero-order valence-corrected chi connectivity index (χ0v) is 14.2. The van der Waals surface area contributed by atoms with Gasteiger partial charge in [-0.25, -0.2) is 8.78 Å². The highest BCUT2D eigenvalue weighted by Crippen LogP contribution is 2.17. The Bertz CT molecular complexity index is 774. The van der Waals surface area contributed by atoms with Crippen LogP contribution in [0.5, 0.6) is 0 Å². The zero-order chi connectivity index (χ0) is 18.6. The first-order valence-corrected chi connectivity index (χ1v) is 7.61. The van der Waals surface area contributed by atoms with E-state index in [2.05, 4.69) is 10.6 Å². The molecule has 2 N–H and O–H groups in total. The third-order valence-corrected chi connectivity index (χ3v) is 3.79. The summed E-state index contributed by atoms with van der Waals surface area (Å²) in [6.45, 7) is 0.217. The van der Waals surface area contributed by atoms with Crippen LogP contribution in [0.4, 0.5) is 14.5 Å². The number of halogens is 2. The van der Waals surface area contributed by atoms with Crippen molar-refractivity contribution < 1.29 is 18.4 Å². The van der Waals surface area contributed by atoms with E-state index in [0.29, 0.717) is 0 Å². The molecular formula is C17H20F2N4O2. The van der Waals surface area contributed by atoms with Gasteiger partial charge in [-0.15, -0.1) is 0 Å². The highest BCUT2D eigenvalue weighted by atomic mass is 19.2. The topological polar surface area (TPSA) is 66.4 Å². The first kappa shape index (κ1) is 18.6. The number of nitrogens with zero attached hydrogens (tertiary/aromatic N) is 2. The number of amides is 2. The molecule has 1 heterocycles. The molecule has 0 fully saturated rings. The molecule has 2 aromatic rings. The van der Waals surface area contributed by atoms with Gasteiger partial charge in [-0.3, -0.25) is 14.5 Å². The molecule has 0 aliphatic carbocycles. The summed E-state index contributed by atoms with van der Waals surface area (Å²) in [5.74, 6) is -3.94. The van der Waals surface area contributed by atoms with E-state index >= 15 is 0 Å². The summed E-state index contributed by atoms with van der Waals surface area (Å²) in [4.78, 5) is 25.8. The largest absolute Gasteiger partial charge is 0.353 e. The van der Waals surface area contributed by atoms with Crippen molar-refractivity contribution in [3.63, 3.8) is 0 Å². The molecule has 0 aliphatic rings. The molecular weight excluding hydrogens is 330 g/mol. The number of rotatable bonds is 5. The number of aryl methyl sites for hydroxylation is 1. The molecule has 0 saturated heterocycles. The molecule has 25 heavy (non-hydrogen) atoms. The van der Waals surface area contributed by atoms with Gasteiger partial charge >= 0.3 is 11.8 Å². The van der Waals surface area contributed by atoms with Crippen LogP contribution in [0, 0.1) is 11.6 Å². The van der Waals surface area contributed by atoms with Gasteiger partial charge in [0.05, 0.1) is 6.04 Å². The van der Waals surface area contributed by atoms with Crippen molar-refractivity contribution in [2.24, 2.45) is 7.05 Å². The fourth-order valence-corrected chi connectivity index (χ4v) is 2.40. The minimum absolute atomic E-state index is 0.00523. The Morgan fingerprint density at radius 1 is 1.16 bits per heavy atom. The molecule has 2 amide bonds. The van der Waals surface area contributed by atoms with Crippen molar-refractivity contribution in [1.29, 1.82) is 0 Å². The molecule has 1 atom stereocenters. The maximum absolute atomic E-state index is 13.1. The average Bonchev–Trinajstić information content (AvgIpc) is 2.96. The van der Waals surface area contributed by atoms with Gasteiger partial charge in [-0.1, -0.05) is 0 Å². The number of anilines is 1. The van der Waals surface area contributed by atoms with E-state index in [4.69, 9.17) is 0 Å². The van der Waals surface area contributed by atoms with E-state index in [0.717, 1.165) is 17.8 Å². The average molecular weight is 350 g/mol. The number of aromatic nitrogens is 1. The third kappa shape index (κ3) is 4.63. The van der Waals surface area contributed by atoms with Gasteiger partial charge < -0.3 is 15.2 Å². The Hall–Kier alpha value is -2.74. The SMILES string of the molecule is CN(C)C(CNC(=O)C(=O)Nc1ccc(F)c(F)c1)c1cccn1C. The van der Waals surface area contributed by atoms with Crippen molar-refractivity contribution in [3.05, 3.63) is 53.9 Å². The van der Waals surface area contributed by atoms with Crippen LogP contribution in [0.2, 0.25) is 0 Å². The van der Waals surface area contributed by atoms with Crippen LogP contribution in [-0.4, -0.2) is 41.9 Å². The van der Waals surface area contributed by atoms with Crippen molar-refractivity contribution in [2.45, 2.75) is 6.04 Å². The lowest BCUT2D eigenvalue weighted by Crippen LogP contribution is -2.40. The highest BCUT2D eigenvalue weighted by molar-refractivity contribution is 6.39. The number of nitrogens with one attached hydrogen (secondary N) is 2. The fraction of sp³-hybridized carbons (Fsp3) is 0.294. The molecule has 1 unspecified atom stereocenters. The number of carbonyl (C=O) groups is 2. The lowest BCUT2D eigenvalue weighted by Gasteiger charge is -2.25. The van der Waals surface area contributed by atoms with Crippen molar-refractivity contribution in [1.82, 2.24) is 14.8 Å². The van der Waals surface area contributed by atoms with Gasteiger partial charge in [-0.05, 0) is 38.4 Å². The van der Waals surface area contributed by atoms with Crippen LogP contribution in [0.3, 0.4) is 0 Å². The number of hydrogen-bond donors (Lipinski definition) is 2. The molecule has 0 bridgehead atoms. The lowest BCUT2D eigenvalue weighted by molar-refractivity contribution is -0.136. The van der Waals surface area contributed by atoms with E-state index in [9.17, 15) is 18.4 Å². The third-order valence-electron chi connectivity index (χ3n) is 3.79. The predicted octanol–water partition coefficient (Wildman–Crippen LogP) is 1.66. The van der Waals surface area contributed by atoms with Crippen LogP contribution in [0.15, 0.2) is 36.5 Å². The Morgan fingerprint density at radius 3 is 2.44 bits per heavy atom. The molecule has 1 aromatic carbocycles. The van der Waals surface area contributed by atoms with Gasteiger partial charge in [0.1, 0.15) is 0 Å². The maximum atomic E-state index is 13.1. The van der Waals surface area contributed by atoms with Crippen LogP contribution in [0.25, 0.3) is 0 Å². The summed E-state index contributed by atoms with van der Waals surface area (Å²) in [6.07, 6.45) is 1.89. The first-order valence-electron chi connectivity index (χ1n) is 7.61. The van der Waals surface area contributed by atoms with Gasteiger partial charge in [0.2, 0.25) is 0 Å².